The average Bonchev–Trinajstić information content (AvgIpc) is 1.61. The molecule has 0 atom stereocenters. The van der Waals surface area contributed by atoms with Crippen LogP contribution >= 0.6 is 0 Å². The Morgan fingerprint density at radius 3 is 0.571 bits per heavy atom. The Balaban J connectivity index is 0.895. The monoisotopic (exact) mass is 1640 g/mol. The van der Waals surface area contributed by atoms with Crippen molar-refractivity contribution in [3.8, 4) is 89.0 Å². The summed E-state index contributed by atoms with van der Waals surface area (Å²) in [5, 5.41) is 4.46. The van der Waals surface area contributed by atoms with Crippen molar-refractivity contribution in [3.05, 3.63) is 317 Å². The van der Waals surface area contributed by atoms with Gasteiger partial charge in [0.25, 0.3) is 0 Å². The Labute approximate surface area is 742 Å². The molecule has 8 nitrogen and oxygen atoms in total. The third kappa shape index (κ3) is 14.6. The number of nitrogens with zero attached hydrogens (tertiary/aromatic N) is 4. The molecule has 10 heterocycles. The van der Waals surface area contributed by atoms with E-state index >= 15 is 0 Å². The second-order valence-electron chi connectivity index (χ2n) is 40.6. The van der Waals surface area contributed by atoms with E-state index in [2.05, 4.69) is 417 Å². The quantitative estimate of drug-likeness (QED) is 0.113. The molecular formula is C118H114N8. The summed E-state index contributed by atoms with van der Waals surface area (Å²) in [6, 6.07) is 69.7. The zero-order valence-electron chi connectivity index (χ0n) is 77.7. The van der Waals surface area contributed by atoms with Crippen molar-refractivity contribution in [1.29, 1.82) is 0 Å². The lowest BCUT2D eigenvalue weighted by atomic mass is 9.78. The predicted octanol–water partition coefficient (Wildman–Crippen LogP) is 32.2. The second-order valence-corrected chi connectivity index (χ2v) is 40.6. The van der Waals surface area contributed by atoms with E-state index < -0.39 is 0 Å². The number of H-pyrrole nitrogens is 4. The van der Waals surface area contributed by atoms with E-state index in [0.29, 0.717) is 0 Å². The number of fused-ring (bicyclic) bond motifs is 19. The van der Waals surface area contributed by atoms with Crippen LogP contribution in [0.15, 0.2) is 182 Å². The number of hydrogen-bond donors (Lipinski definition) is 4. The van der Waals surface area contributed by atoms with Crippen LogP contribution in [0.3, 0.4) is 0 Å². The summed E-state index contributed by atoms with van der Waals surface area (Å²) < 4.78 is 0. The van der Waals surface area contributed by atoms with Crippen LogP contribution in [0.2, 0.25) is 0 Å². The fraction of sp³-hybridized carbons (Fsp3) is 0.237. The third-order valence-corrected chi connectivity index (χ3v) is 26.5. The van der Waals surface area contributed by atoms with Gasteiger partial charge in [-0.3, -0.25) is 0 Å². The van der Waals surface area contributed by atoms with Crippen molar-refractivity contribution < 1.29 is 0 Å². The van der Waals surface area contributed by atoms with E-state index in [1.54, 1.807) is 0 Å². The first-order chi connectivity index (χ1) is 59.8. The summed E-state index contributed by atoms with van der Waals surface area (Å²) in [5.41, 5.74) is 50.7. The highest BCUT2D eigenvalue weighted by Gasteiger charge is 2.30. The number of aromatic amines is 4. The smallest absolute Gasteiger partial charge is 0.0737 e. The molecule has 16 bridgehead atoms. The summed E-state index contributed by atoms with van der Waals surface area (Å²) in [7, 11) is 0. The minimum absolute atomic E-state index is 0.129. The molecule has 126 heavy (non-hydrogen) atoms. The zero-order chi connectivity index (χ0) is 88.5. The summed E-state index contributed by atoms with van der Waals surface area (Å²) >= 11 is 0. The van der Waals surface area contributed by atoms with E-state index in [1.165, 1.54) is 89.0 Å². The first-order valence-corrected chi connectivity index (χ1v) is 44.8. The molecule has 0 aliphatic carbocycles. The molecule has 0 fully saturated rings. The molecule has 6 aromatic heterocycles. The van der Waals surface area contributed by atoms with E-state index in [4.69, 9.17) is 19.9 Å². The molecule has 4 aliphatic heterocycles. The van der Waals surface area contributed by atoms with Crippen LogP contribution in [0.4, 0.5) is 0 Å². The lowest BCUT2D eigenvalue weighted by Crippen LogP contribution is -2.16. The van der Waals surface area contributed by atoms with E-state index in [0.717, 1.165) is 200 Å². The topological polar surface area (TPSA) is 115 Å². The Kier molecular flexibility index (Phi) is 19.8. The van der Waals surface area contributed by atoms with E-state index in [9.17, 15) is 0 Å². The van der Waals surface area contributed by atoms with Crippen molar-refractivity contribution in [3.63, 3.8) is 0 Å². The summed E-state index contributed by atoms with van der Waals surface area (Å²) in [6.07, 6.45) is 17.9. The highest BCUT2D eigenvalue weighted by molar-refractivity contribution is 6.13. The molecule has 0 unspecified atom stereocenters. The number of nitrogens with one attached hydrogen (secondary N) is 4. The minimum atomic E-state index is -0.129. The standard InChI is InChI=1S/C118H114N8/c1-63-47-67(5)103(68(6)48-63)111-95-39-31-87(119-95)107(88-32-40-96(120-88)112(104-69(7)49-64(2)50-70(104)8)100-44-36-92(124-100)109(91-35-43-99(111)123-91)79-55-81(115(13,14)15)61-82(56-79)116(16,17)18)77-29-27-75-25-26-76-28-30-78(60-86(76)85(75)59-77)108-89-33-41-97(121-89)113(105-71(9)51-65(3)52-72(105)10)101-45-37-93(125-101)110(80-57-83(117(19,20)21)62-84(58-80)118(22,23)24)94-38-46-102(126-94)114(98-42-34-90(108)122-98)106-73(11)53-66(4)54-74(106)12/h25-62,119,121,124,126H,1-24H3. The van der Waals surface area contributed by atoms with Gasteiger partial charge in [0.05, 0.1) is 45.6 Å². The predicted molar refractivity (Wildman–Crippen MR) is 541 cm³/mol. The number of hydrogen-bond acceptors (Lipinski definition) is 4. The molecule has 0 amide bonds. The molecule has 19 rings (SSSR count). The lowest BCUT2D eigenvalue weighted by molar-refractivity contribution is 0.568. The van der Waals surface area contributed by atoms with Crippen molar-refractivity contribution in [2.45, 2.75) is 188 Å². The molecule has 8 heteroatoms. The van der Waals surface area contributed by atoms with Gasteiger partial charge in [-0.05, 0) is 347 Å². The number of benzene rings is 9. The SMILES string of the molecule is Cc1cc(C)c(-c2c3nc(c(-c4ccc5ccc6ccc(-c7c8nc(c(-c9c(C)cc(C)cc9C)c9ccc([nH]9)c(-c9cc(C(C)(C)C)cc(C(C)(C)C)c9)c9nc(c(-c%10c(C)cc(C)cc%10C)c%10ccc7[nH]%10)C=C9)C=C8)cc6c5c4)c4ccc([nH]4)c(-c4c(C)cc(C)cc4C)c4nc(c(-c5cc(C(C)(C)C)cc(C(C)(C)C)c5)c5ccc2[nH]5)C=C4)C=C3)c(C)c1. The summed E-state index contributed by atoms with van der Waals surface area (Å²) in [4.78, 5) is 40.3. The van der Waals surface area contributed by atoms with Gasteiger partial charge in [0.15, 0.2) is 0 Å². The average molecular weight is 1640 g/mol. The van der Waals surface area contributed by atoms with Gasteiger partial charge in [0.1, 0.15) is 0 Å². The normalized spacial score (nSPS) is 13.0. The Morgan fingerprint density at radius 2 is 0.365 bits per heavy atom. The van der Waals surface area contributed by atoms with E-state index in [1.807, 2.05) is 0 Å². The maximum atomic E-state index is 5.96. The van der Waals surface area contributed by atoms with Crippen molar-refractivity contribution in [2.24, 2.45) is 0 Å². The number of aromatic nitrogens is 8. The largest absolute Gasteiger partial charge is 0.354 e. The molecule has 626 valence electrons. The minimum Gasteiger partial charge on any atom is -0.354 e. The Morgan fingerprint density at radius 1 is 0.183 bits per heavy atom. The molecule has 0 saturated heterocycles. The molecule has 4 aliphatic rings. The molecule has 0 spiro atoms. The van der Waals surface area contributed by atoms with Gasteiger partial charge in [0.2, 0.25) is 0 Å². The van der Waals surface area contributed by atoms with Crippen LogP contribution in [-0.4, -0.2) is 39.9 Å². The maximum absolute atomic E-state index is 5.96. The van der Waals surface area contributed by atoms with Crippen LogP contribution in [0.25, 0.3) is 203 Å². The van der Waals surface area contributed by atoms with Gasteiger partial charge in [-0.2, -0.15) is 0 Å². The zero-order valence-corrected chi connectivity index (χ0v) is 77.7. The Hall–Kier alpha value is -13.3. The van der Waals surface area contributed by atoms with E-state index in [-0.39, 0.29) is 21.7 Å². The van der Waals surface area contributed by atoms with Gasteiger partial charge >= 0.3 is 0 Å². The first-order valence-electron chi connectivity index (χ1n) is 44.8. The maximum Gasteiger partial charge on any atom is 0.0737 e. The lowest BCUT2D eigenvalue weighted by Gasteiger charge is -2.26. The van der Waals surface area contributed by atoms with Crippen LogP contribution < -0.4 is 0 Å². The van der Waals surface area contributed by atoms with Gasteiger partial charge in [-0.1, -0.05) is 227 Å². The first kappa shape index (κ1) is 82.3. The molecule has 4 N–H and O–H groups in total. The molecule has 0 saturated carbocycles. The van der Waals surface area contributed by atoms with Crippen molar-refractivity contribution in [2.75, 3.05) is 0 Å². The third-order valence-electron chi connectivity index (χ3n) is 26.5. The van der Waals surface area contributed by atoms with Crippen LogP contribution in [-0.2, 0) is 21.7 Å². The highest BCUT2D eigenvalue weighted by Crippen LogP contribution is 2.49. The van der Waals surface area contributed by atoms with Crippen LogP contribution in [0, 0.1) is 83.1 Å². The second kappa shape index (κ2) is 30.3. The molecular weight excluding hydrogens is 1530 g/mol. The van der Waals surface area contributed by atoms with Crippen LogP contribution in [0.1, 0.15) is 218 Å². The molecule has 15 aromatic rings. The number of rotatable bonds is 8. The Bertz CT molecular complexity index is 7010. The highest BCUT2D eigenvalue weighted by atomic mass is 14.8. The van der Waals surface area contributed by atoms with Crippen molar-refractivity contribution >= 4 is 114 Å². The number of aryl methyl sites for hydroxylation is 12. The molecule has 9 aromatic carbocycles. The van der Waals surface area contributed by atoms with Gasteiger partial charge in [0, 0.05) is 88.6 Å². The van der Waals surface area contributed by atoms with Crippen LogP contribution in [0.5, 0.6) is 0 Å². The molecule has 0 radical (unpaired) electrons. The van der Waals surface area contributed by atoms with Gasteiger partial charge in [-0.25, -0.2) is 19.9 Å². The fourth-order valence-corrected chi connectivity index (χ4v) is 20.6. The fourth-order valence-electron chi connectivity index (χ4n) is 20.6. The summed E-state index contributed by atoms with van der Waals surface area (Å²) in [6.45, 7) is 54.6. The van der Waals surface area contributed by atoms with Crippen molar-refractivity contribution in [1.82, 2.24) is 39.9 Å². The summed E-state index contributed by atoms with van der Waals surface area (Å²) in [5.74, 6) is 0. The van der Waals surface area contributed by atoms with Gasteiger partial charge < -0.3 is 19.9 Å². The van der Waals surface area contributed by atoms with Gasteiger partial charge in [-0.15, -0.1) is 0 Å².